The molecule has 2 aromatic heterocycles. The van der Waals surface area contributed by atoms with Gasteiger partial charge in [-0.15, -0.1) is 5.10 Å². The van der Waals surface area contributed by atoms with Gasteiger partial charge < -0.3 is 14.6 Å². The maximum Gasteiger partial charge on any atom is 0.258 e. The van der Waals surface area contributed by atoms with E-state index in [1.807, 2.05) is 24.3 Å². The first-order chi connectivity index (χ1) is 15.5. The van der Waals surface area contributed by atoms with Gasteiger partial charge in [-0.2, -0.15) is 0 Å². The molecule has 4 aromatic rings. The maximum absolute atomic E-state index is 13.6. The molecule has 32 heavy (non-hydrogen) atoms. The molecule has 2 aromatic carbocycles. The fraction of sp³-hybridized carbons (Fsp3) is 0.261. The van der Waals surface area contributed by atoms with Crippen LogP contribution in [0.1, 0.15) is 13.8 Å². The average molecular weight is 439 g/mol. The van der Waals surface area contributed by atoms with E-state index >= 15 is 0 Å². The minimum Gasteiger partial charge on any atom is -0.492 e. The van der Waals surface area contributed by atoms with Gasteiger partial charge in [-0.1, -0.05) is 19.1 Å². The Kier molecular flexibility index (Phi) is 6.27. The number of likely N-dealkylation sites (N-methyl/N-ethyl adjacent to an activating group) is 1. The predicted molar refractivity (Wildman–Crippen MR) is 118 cm³/mol. The van der Waals surface area contributed by atoms with E-state index in [1.165, 1.54) is 10.7 Å². The summed E-state index contributed by atoms with van der Waals surface area (Å²) in [5.41, 5.74) is 1.02. The number of nitrogens with zero attached hydrogens (tertiary/aromatic N) is 4. The van der Waals surface area contributed by atoms with E-state index in [9.17, 15) is 13.6 Å². The molecule has 0 saturated carbocycles. The molecule has 1 N–H and O–H groups in total. The molecule has 0 aliphatic carbocycles. The molecule has 0 bridgehead atoms. The molecule has 0 spiro atoms. The Labute approximate surface area is 183 Å². The second kappa shape index (κ2) is 9.27. The van der Waals surface area contributed by atoms with Gasteiger partial charge >= 0.3 is 0 Å². The van der Waals surface area contributed by atoms with Crippen molar-refractivity contribution in [3.63, 3.8) is 0 Å². The summed E-state index contributed by atoms with van der Waals surface area (Å²) in [5.74, 6) is -1.26. The fourth-order valence-corrected chi connectivity index (χ4v) is 3.43. The summed E-state index contributed by atoms with van der Waals surface area (Å²) >= 11 is 0. The standard InChI is InChI=1S/C23H23F2N5O2/c1-3-29(4-2)9-10-32-17-7-5-16(6-8-17)30-14-22(27-28-30)18-11-15-12-19(24)20(25)13-21(15)26-23(18)31/h5-8,11-14H,3-4,9-10H2,1-2H3,(H,26,31). The van der Waals surface area contributed by atoms with Crippen molar-refractivity contribution in [2.45, 2.75) is 13.8 Å². The van der Waals surface area contributed by atoms with Crippen LogP contribution >= 0.6 is 0 Å². The number of hydrogen-bond acceptors (Lipinski definition) is 5. The summed E-state index contributed by atoms with van der Waals surface area (Å²) in [6.07, 6.45) is 1.60. The van der Waals surface area contributed by atoms with Crippen LogP contribution in [0.3, 0.4) is 0 Å². The van der Waals surface area contributed by atoms with Crippen molar-refractivity contribution in [1.29, 1.82) is 0 Å². The van der Waals surface area contributed by atoms with Crippen molar-refractivity contribution in [2.75, 3.05) is 26.2 Å². The van der Waals surface area contributed by atoms with Gasteiger partial charge in [-0.05, 0) is 49.5 Å². The second-order valence-electron chi connectivity index (χ2n) is 7.28. The van der Waals surface area contributed by atoms with Gasteiger partial charge in [0.1, 0.15) is 18.1 Å². The van der Waals surface area contributed by atoms with Crippen LogP contribution in [0.15, 0.2) is 53.5 Å². The van der Waals surface area contributed by atoms with Crippen molar-refractivity contribution in [1.82, 2.24) is 24.9 Å². The van der Waals surface area contributed by atoms with Crippen LogP contribution in [0.25, 0.3) is 27.8 Å². The lowest BCUT2D eigenvalue weighted by molar-refractivity contribution is 0.223. The molecule has 0 saturated heterocycles. The van der Waals surface area contributed by atoms with Gasteiger partial charge in [0, 0.05) is 18.0 Å². The monoisotopic (exact) mass is 439 g/mol. The first-order valence-electron chi connectivity index (χ1n) is 10.4. The van der Waals surface area contributed by atoms with Crippen molar-refractivity contribution >= 4 is 10.9 Å². The third-order valence-electron chi connectivity index (χ3n) is 5.33. The Balaban J connectivity index is 1.52. The summed E-state index contributed by atoms with van der Waals surface area (Å²) in [4.78, 5) is 17.3. The summed E-state index contributed by atoms with van der Waals surface area (Å²) in [7, 11) is 0. The van der Waals surface area contributed by atoms with Gasteiger partial charge in [-0.3, -0.25) is 4.79 Å². The third kappa shape index (κ3) is 4.52. The summed E-state index contributed by atoms with van der Waals surface area (Å²) in [6.45, 7) is 7.67. The lowest BCUT2D eigenvalue weighted by atomic mass is 10.1. The van der Waals surface area contributed by atoms with Gasteiger partial charge in [0.2, 0.25) is 0 Å². The van der Waals surface area contributed by atoms with E-state index in [1.54, 1.807) is 6.20 Å². The zero-order chi connectivity index (χ0) is 22.7. The predicted octanol–water partition coefficient (Wildman–Crippen LogP) is 3.77. The van der Waals surface area contributed by atoms with Crippen LogP contribution in [0.4, 0.5) is 8.78 Å². The normalized spacial score (nSPS) is 11.4. The van der Waals surface area contributed by atoms with Crippen molar-refractivity contribution in [3.8, 4) is 22.7 Å². The van der Waals surface area contributed by atoms with Crippen LogP contribution in [-0.2, 0) is 0 Å². The molecule has 0 unspecified atom stereocenters. The quantitative estimate of drug-likeness (QED) is 0.452. The first kappa shape index (κ1) is 21.6. The Morgan fingerprint density at radius 1 is 1.06 bits per heavy atom. The Bertz CT molecular complexity index is 1280. The van der Waals surface area contributed by atoms with Gasteiger partial charge in [0.05, 0.1) is 23.0 Å². The topological polar surface area (TPSA) is 76.0 Å². The number of ether oxygens (including phenoxy) is 1. The highest BCUT2D eigenvalue weighted by molar-refractivity contribution is 5.82. The number of benzene rings is 2. The van der Waals surface area contributed by atoms with Gasteiger partial charge in [-0.25, -0.2) is 13.5 Å². The fourth-order valence-electron chi connectivity index (χ4n) is 3.43. The van der Waals surface area contributed by atoms with E-state index in [4.69, 9.17) is 4.74 Å². The van der Waals surface area contributed by atoms with Crippen LogP contribution < -0.4 is 10.3 Å². The van der Waals surface area contributed by atoms with Gasteiger partial charge in [0.25, 0.3) is 5.56 Å². The Hall–Kier alpha value is -3.59. The minimum atomic E-state index is -1.02. The zero-order valence-electron chi connectivity index (χ0n) is 17.8. The van der Waals surface area contributed by atoms with Crippen LogP contribution in [0.2, 0.25) is 0 Å². The molecule has 0 amide bonds. The molecular weight excluding hydrogens is 416 g/mol. The highest BCUT2D eigenvalue weighted by Crippen LogP contribution is 2.21. The van der Waals surface area contributed by atoms with Crippen molar-refractivity contribution in [2.24, 2.45) is 0 Å². The number of H-pyrrole nitrogens is 1. The summed E-state index contributed by atoms with van der Waals surface area (Å²) in [5, 5.41) is 8.51. The SMILES string of the molecule is CCN(CC)CCOc1ccc(-n2cc(-c3cc4cc(F)c(F)cc4[nH]c3=O)nn2)cc1. The zero-order valence-corrected chi connectivity index (χ0v) is 17.8. The molecule has 4 rings (SSSR count). The maximum atomic E-state index is 13.6. The van der Waals surface area contributed by atoms with Crippen molar-refractivity contribution in [3.05, 3.63) is 70.6 Å². The second-order valence-corrected chi connectivity index (χ2v) is 7.28. The number of aromatic nitrogens is 4. The number of rotatable bonds is 8. The summed E-state index contributed by atoms with van der Waals surface area (Å²) < 4.78 is 34.3. The van der Waals surface area contributed by atoms with Crippen LogP contribution in [0, 0.1) is 11.6 Å². The molecule has 7 nitrogen and oxygen atoms in total. The number of nitrogens with one attached hydrogen (secondary N) is 1. The van der Waals surface area contributed by atoms with E-state index in [0.29, 0.717) is 17.7 Å². The molecule has 0 aliphatic rings. The van der Waals surface area contributed by atoms with Crippen molar-refractivity contribution < 1.29 is 13.5 Å². The lowest BCUT2D eigenvalue weighted by Gasteiger charge is -2.18. The van der Waals surface area contributed by atoms with Crippen LogP contribution in [-0.4, -0.2) is 51.1 Å². The smallest absolute Gasteiger partial charge is 0.258 e. The number of hydrogen-bond donors (Lipinski definition) is 1. The highest BCUT2D eigenvalue weighted by Gasteiger charge is 2.13. The molecule has 0 fully saturated rings. The largest absolute Gasteiger partial charge is 0.492 e. The Morgan fingerprint density at radius 2 is 1.78 bits per heavy atom. The minimum absolute atomic E-state index is 0.210. The third-order valence-corrected chi connectivity index (χ3v) is 5.33. The highest BCUT2D eigenvalue weighted by atomic mass is 19.2. The number of fused-ring (bicyclic) bond motifs is 1. The van der Waals surface area contributed by atoms with Gasteiger partial charge in [0.15, 0.2) is 11.6 Å². The molecule has 9 heteroatoms. The lowest BCUT2D eigenvalue weighted by Crippen LogP contribution is -2.27. The first-order valence-corrected chi connectivity index (χ1v) is 10.4. The molecule has 0 atom stereocenters. The molecule has 2 heterocycles. The molecule has 0 radical (unpaired) electrons. The molecule has 0 aliphatic heterocycles. The van der Waals surface area contributed by atoms with E-state index < -0.39 is 17.2 Å². The molecule has 166 valence electrons. The number of halogens is 2. The number of aromatic amines is 1. The van der Waals surface area contributed by atoms with Crippen LogP contribution in [0.5, 0.6) is 5.75 Å². The summed E-state index contributed by atoms with van der Waals surface area (Å²) in [6, 6.07) is 10.8. The van der Waals surface area contributed by atoms with E-state index in [-0.39, 0.29) is 11.1 Å². The van der Waals surface area contributed by atoms with E-state index in [2.05, 4.69) is 34.0 Å². The molecular formula is C23H23F2N5O2. The van der Waals surface area contributed by atoms with E-state index in [0.717, 1.165) is 43.2 Å². The Morgan fingerprint density at radius 3 is 2.50 bits per heavy atom. The average Bonchev–Trinajstić information content (AvgIpc) is 3.28. The number of pyridine rings is 1.